The van der Waals surface area contributed by atoms with E-state index in [1.165, 1.54) is 6.54 Å². The molecule has 1 unspecified atom stereocenters. The van der Waals surface area contributed by atoms with Crippen molar-refractivity contribution >= 4 is 0 Å². The fourth-order valence-corrected chi connectivity index (χ4v) is 2.44. The molecule has 0 saturated heterocycles. The predicted octanol–water partition coefficient (Wildman–Crippen LogP) is 1.85. The number of hydrogen-bond donors (Lipinski definition) is 0. The molecule has 0 bridgehead atoms. The van der Waals surface area contributed by atoms with Gasteiger partial charge in [-0.25, -0.2) is 0 Å². The van der Waals surface area contributed by atoms with Crippen LogP contribution < -0.4 is 0 Å². The second-order valence-electron chi connectivity index (χ2n) is 3.63. The molecular weight excluding hydrogens is 122 g/mol. The fourth-order valence-electron chi connectivity index (χ4n) is 2.44. The summed E-state index contributed by atoms with van der Waals surface area (Å²) in [6, 6.07) is 4.44. The first-order valence-electron chi connectivity index (χ1n) is 4.03. The molecule has 1 aromatic rings. The molecule has 0 spiro atoms. The summed E-state index contributed by atoms with van der Waals surface area (Å²) in [6.07, 6.45) is 2.20. The molecule has 3 atom stereocenters. The molecule has 10 heavy (non-hydrogen) atoms. The third-order valence-corrected chi connectivity index (χ3v) is 3.18. The van der Waals surface area contributed by atoms with Crippen LogP contribution in [0.4, 0.5) is 0 Å². The first-order chi connectivity index (χ1) is 4.88. The molecular formula is C9H11N. The molecule has 1 heteroatoms. The minimum atomic E-state index is 0.926. The summed E-state index contributed by atoms with van der Waals surface area (Å²) in [5, 5.41) is 0. The Labute approximate surface area is 60.7 Å². The van der Waals surface area contributed by atoms with Crippen LogP contribution in [-0.2, 0) is 6.54 Å². The Morgan fingerprint density at radius 2 is 2.50 bits per heavy atom. The van der Waals surface area contributed by atoms with Gasteiger partial charge in [-0.3, -0.25) is 0 Å². The van der Waals surface area contributed by atoms with Crippen molar-refractivity contribution in [3.8, 4) is 0 Å². The summed E-state index contributed by atoms with van der Waals surface area (Å²) in [5.41, 5.74) is 1.58. The Hall–Kier alpha value is -0.720. The molecule has 1 aliphatic heterocycles. The zero-order valence-electron chi connectivity index (χ0n) is 6.12. The Bertz CT molecular complexity index is 274. The lowest BCUT2D eigenvalue weighted by atomic mass is 10.2. The van der Waals surface area contributed by atoms with Crippen molar-refractivity contribution in [3.05, 3.63) is 24.0 Å². The lowest BCUT2D eigenvalue weighted by molar-refractivity contribution is 0.611. The van der Waals surface area contributed by atoms with E-state index in [1.807, 2.05) is 0 Å². The van der Waals surface area contributed by atoms with Crippen LogP contribution in [0, 0.1) is 11.8 Å². The predicted molar refractivity (Wildman–Crippen MR) is 39.8 cm³/mol. The van der Waals surface area contributed by atoms with Crippen molar-refractivity contribution in [1.82, 2.24) is 4.57 Å². The van der Waals surface area contributed by atoms with E-state index >= 15 is 0 Å². The lowest BCUT2D eigenvalue weighted by Crippen LogP contribution is -1.97. The van der Waals surface area contributed by atoms with Crippen LogP contribution in [-0.4, -0.2) is 4.57 Å². The molecule has 1 saturated carbocycles. The summed E-state index contributed by atoms with van der Waals surface area (Å²) in [6.45, 7) is 3.65. The van der Waals surface area contributed by atoms with Crippen LogP contribution in [0.2, 0.25) is 0 Å². The van der Waals surface area contributed by atoms with Gasteiger partial charge in [0.1, 0.15) is 0 Å². The number of aromatic nitrogens is 1. The maximum atomic E-state index is 2.40. The molecule has 52 valence electrons. The molecule has 0 amide bonds. The highest BCUT2D eigenvalue weighted by Gasteiger charge is 2.52. The number of hydrogen-bond acceptors (Lipinski definition) is 0. The maximum absolute atomic E-state index is 2.40. The molecule has 1 aliphatic carbocycles. The first-order valence-corrected chi connectivity index (χ1v) is 4.03. The van der Waals surface area contributed by atoms with Crippen LogP contribution in [0.25, 0.3) is 0 Å². The van der Waals surface area contributed by atoms with Gasteiger partial charge >= 0.3 is 0 Å². The van der Waals surface area contributed by atoms with Gasteiger partial charge in [-0.05, 0) is 24.0 Å². The fraction of sp³-hybridized carbons (Fsp3) is 0.556. The number of fused-ring (bicyclic) bond motifs is 3. The van der Waals surface area contributed by atoms with Gasteiger partial charge in [-0.15, -0.1) is 0 Å². The van der Waals surface area contributed by atoms with E-state index in [9.17, 15) is 0 Å². The van der Waals surface area contributed by atoms with Crippen molar-refractivity contribution in [1.29, 1.82) is 0 Å². The van der Waals surface area contributed by atoms with Gasteiger partial charge in [0.05, 0.1) is 0 Å². The van der Waals surface area contributed by atoms with Crippen molar-refractivity contribution in [2.45, 2.75) is 19.4 Å². The normalized spacial score (nSPS) is 41.1. The summed E-state index contributed by atoms with van der Waals surface area (Å²) in [7, 11) is 0. The zero-order valence-corrected chi connectivity index (χ0v) is 6.12. The van der Waals surface area contributed by atoms with Gasteiger partial charge < -0.3 is 4.57 Å². The standard InChI is InChI=1S/C9H11N/c1-6-7-5-10-4-2-3-8(10)9(6)7/h2-4,6-7,9H,5H2,1H3/t6-,7+,9?/m1/s1. The molecule has 0 radical (unpaired) electrons. The van der Waals surface area contributed by atoms with E-state index in [1.54, 1.807) is 5.69 Å². The van der Waals surface area contributed by atoms with Crippen LogP contribution in [0.5, 0.6) is 0 Å². The first kappa shape index (κ1) is 5.00. The smallest absolute Gasteiger partial charge is 0.0259 e. The van der Waals surface area contributed by atoms with Gasteiger partial charge in [0, 0.05) is 24.4 Å². The second-order valence-corrected chi connectivity index (χ2v) is 3.63. The molecule has 1 nitrogen and oxygen atoms in total. The Morgan fingerprint density at radius 1 is 1.60 bits per heavy atom. The second kappa shape index (κ2) is 1.31. The Morgan fingerprint density at radius 3 is 3.40 bits per heavy atom. The minimum Gasteiger partial charge on any atom is -0.351 e. The monoisotopic (exact) mass is 133 g/mol. The molecule has 3 rings (SSSR count). The quantitative estimate of drug-likeness (QED) is 0.509. The average molecular weight is 133 g/mol. The van der Waals surface area contributed by atoms with E-state index in [0.29, 0.717) is 0 Å². The summed E-state index contributed by atoms with van der Waals surface area (Å²) >= 11 is 0. The zero-order chi connectivity index (χ0) is 6.72. The van der Waals surface area contributed by atoms with Crippen LogP contribution in [0.15, 0.2) is 18.3 Å². The maximum Gasteiger partial charge on any atom is 0.0259 e. The summed E-state index contributed by atoms with van der Waals surface area (Å²) in [4.78, 5) is 0. The van der Waals surface area contributed by atoms with Crippen LogP contribution in [0.1, 0.15) is 18.5 Å². The van der Waals surface area contributed by atoms with Crippen molar-refractivity contribution < 1.29 is 0 Å². The highest BCUT2D eigenvalue weighted by Crippen LogP contribution is 2.58. The van der Waals surface area contributed by atoms with Gasteiger partial charge in [-0.2, -0.15) is 0 Å². The summed E-state index contributed by atoms with van der Waals surface area (Å²) < 4.78 is 2.40. The van der Waals surface area contributed by atoms with Gasteiger partial charge in [0.2, 0.25) is 0 Å². The van der Waals surface area contributed by atoms with Crippen molar-refractivity contribution in [3.63, 3.8) is 0 Å². The Kier molecular flexibility index (Phi) is 0.657. The van der Waals surface area contributed by atoms with Gasteiger partial charge in [-0.1, -0.05) is 6.92 Å². The lowest BCUT2D eigenvalue weighted by Gasteiger charge is -2.01. The third-order valence-electron chi connectivity index (χ3n) is 3.18. The van der Waals surface area contributed by atoms with Crippen LogP contribution >= 0.6 is 0 Å². The van der Waals surface area contributed by atoms with E-state index < -0.39 is 0 Å². The van der Waals surface area contributed by atoms with Crippen LogP contribution in [0.3, 0.4) is 0 Å². The molecule has 2 aliphatic rings. The largest absolute Gasteiger partial charge is 0.351 e. The van der Waals surface area contributed by atoms with E-state index in [0.717, 1.165) is 17.8 Å². The molecule has 0 N–H and O–H groups in total. The SMILES string of the molecule is C[C@H]1C2c3cccn3C[C@H]21. The van der Waals surface area contributed by atoms with Crippen molar-refractivity contribution in [2.24, 2.45) is 11.8 Å². The average Bonchev–Trinajstić information content (AvgIpc) is 2.27. The molecule has 1 fully saturated rings. The highest BCUT2D eigenvalue weighted by atomic mass is 15.0. The van der Waals surface area contributed by atoms with Gasteiger partial charge in [0.25, 0.3) is 0 Å². The number of rotatable bonds is 0. The number of nitrogens with zero attached hydrogens (tertiary/aromatic N) is 1. The van der Waals surface area contributed by atoms with E-state index in [2.05, 4.69) is 29.8 Å². The minimum absolute atomic E-state index is 0.926. The Balaban J connectivity index is 2.14. The topological polar surface area (TPSA) is 4.93 Å². The van der Waals surface area contributed by atoms with Crippen molar-refractivity contribution in [2.75, 3.05) is 0 Å². The molecule has 0 aromatic carbocycles. The highest BCUT2D eigenvalue weighted by molar-refractivity contribution is 5.27. The summed E-state index contributed by atoms with van der Waals surface area (Å²) in [5.74, 6) is 2.90. The molecule has 1 aromatic heterocycles. The molecule has 2 heterocycles. The van der Waals surface area contributed by atoms with Gasteiger partial charge in [0.15, 0.2) is 0 Å². The van der Waals surface area contributed by atoms with E-state index in [-0.39, 0.29) is 0 Å². The third kappa shape index (κ3) is 0.386. The van der Waals surface area contributed by atoms with E-state index in [4.69, 9.17) is 0 Å².